The Morgan fingerprint density at radius 1 is 1.10 bits per heavy atom. The fourth-order valence-corrected chi connectivity index (χ4v) is 2.11. The molecule has 1 atom stereocenters. The predicted molar refractivity (Wildman–Crippen MR) is 79.9 cm³/mol. The van der Waals surface area contributed by atoms with Crippen LogP contribution in [0.3, 0.4) is 0 Å². The summed E-state index contributed by atoms with van der Waals surface area (Å²) in [5.41, 5.74) is 1.59. The van der Waals surface area contributed by atoms with Gasteiger partial charge in [0.15, 0.2) is 0 Å². The number of phenolic OH excluding ortho intramolecular Hbond substituents is 1. The van der Waals surface area contributed by atoms with E-state index in [4.69, 9.17) is 0 Å². The van der Waals surface area contributed by atoms with Gasteiger partial charge in [0.05, 0.1) is 5.56 Å². The quantitative estimate of drug-likeness (QED) is 0.874. The Morgan fingerprint density at radius 2 is 1.75 bits per heavy atom. The maximum Gasteiger partial charge on any atom is 0.255 e. The van der Waals surface area contributed by atoms with Gasteiger partial charge < -0.3 is 10.4 Å². The molecule has 2 aromatic rings. The van der Waals surface area contributed by atoms with Gasteiger partial charge in [-0.1, -0.05) is 49.4 Å². The van der Waals surface area contributed by atoms with E-state index in [-0.39, 0.29) is 11.7 Å². The van der Waals surface area contributed by atoms with Crippen LogP contribution in [0.1, 0.15) is 35.2 Å². The molecule has 1 unspecified atom stereocenters. The summed E-state index contributed by atoms with van der Waals surface area (Å²) in [7, 11) is 0. The molecule has 0 saturated carbocycles. The van der Waals surface area contributed by atoms with Crippen LogP contribution in [0.4, 0.5) is 0 Å². The SMILES string of the molecule is CC(CCNC(=O)c1ccccc1O)c1ccccc1. The molecule has 0 aliphatic carbocycles. The largest absolute Gasteiger partial charge is 0.507 e. The van der Waals surface area contributed by atoms with Crippen LogP contribution in [0.15, 0.2) is 54.6 Å². The molecule has 0 aliphatic heterocycles. The highest BCUT2D eigenvalue weighted by atomic mass is 16.3. The molecule has 0 saturated heterocycles. The highest BCUT2D eigenvalue weighted by molar-refractivity contribution is 5.96. The van der Waals surface area contributed by atoms with Crippen molar-refractivity contribution in [1.82, 2.24) is 5.32 Å². The minimum absolute atomic E-state index is 0.0149. The van der Waals surface area contributed by atoms with Crippen molar-refractivity contribution in [3.8, 4) is 5.75 Å². The molecule has 2 N–H and O–H groups in total. The van der Waals surface area contributed by atoms with Crippen LogP contribution in [0, 0.1) is 0 Å². The van der Waals surface area contributed by atoms with Gasteiger partial charge in [-0.15, -0.1) is 0 Å². The molecular weight excluding hydrogens is 250 g/mol. The number of hydrogen-bond acceptors (Lipinski definition) is 2. The lowest BCUT2D eigenvalue weighted by molar-refractivity contribution is 0.0950. The first-order chi connectivity index (χ1) is 9.68. The molecule has 3 nitrogen and oxygen atoms in total. The third-order valence-corrected chi connectivity index (χ3v) is 3.38. The Morgan fingerprint density at radius 3 is 2.45 bits per heavy atom. The number of para-hydroxylation sites is 1. The highest BCUT2D eigenvalue weighted by Gasteiger charge is 2.10. The summed E-state index contributed by atoms with van der Waals surface area (Å²) in [5.74, 6) is 0.172. The monoisotopic (exact) mass is 269 g/mol. The Kier molecular flexibility index (Phi) is 4.77. The number of amides is 1. The summed E-state index contributed by atoms with van der Waals surface area (Å²) < 4.78 is 0. The van der Waals surface area contributed by atoms with E-state index in [1.807, 2.05) is 18.2 Å². The van der Waals surface area contributed by atoms with Gasteiger partial charge in [0, 0.05) is 6.54 Å². The van der Waals surface area contributed by atoms with Crippen LogP contribution in [0.2, 0.25) is 0 Å². The normalized spacial score (nSPS) is 11.8. The summed E-state index contributed by atoms with van der Waals surface area (Å²) in [4.78, 5) is 11.9. The standard InChI is InChI=1S/C17H19NO2/c1-13(14-7-3-2-4-8-14)11-12-18-17(20)15-9-5-6-10-16(15)19/h2-10,13,19H,11-12H2,1H3,(H,18,20). The van der Waals surface area contributed by atoms with Crippen molar-refractivity contribution in [3.05, 3.63) is 65.7 Å². The molecule has 2 aromatic carbocycles. The predicted octanol–water partition coefficient (Wildman–Crippen LogP) is 3.32. The average Bonchev–Trinajstić information content (AvgIpc) is 2.48. The maximum atomic E-state index is 11.9. The molecular formula is C17H19NO2. The van der Waals surface area contributed by atoms with Crippen molar-refractivity contribution in [1.29, 1.82) is 0 Å². The number of aromatic hydroxyl groups is 1. The molecule has 0 aromatic heterocycles. The van der Waals surface area contributed by atoms with E-state index < -0.39 is 0 Å². The van der Waals surface area contributed by atoms with Gasteiger partial charge in [-0.25, -0.2) is 0 Å². The molecule has 0 spiro atoms. The minimum Gasteiger partial charge on any atom is -0.507 e. The first kappa shape index (κ1) is 14.1. The zero-order valence-electron chi connectivity index (χ0n) is 11.5. The molecule has 3 heteroatoms. The van der Waals surface area contributed by atoms with Crippen LogP contribution in [0.5, 0.6) is 5.75 Å². The Labute approximate surface area is 119 Å². The summed E-state index contributed by atoms with van der Waals surface area (Å²) in [6, 6.07) is 16.8. The van der Waals surface area contributed by atoms with Crippen molar-refractivity contribution in [3.63, 3.8) is 0 Å². The summed E-state index contributed by atoms with van der Waals surface area (Å²) in [6.45, 7) is 2.73. The van der Waals surface area contributed by atoms with Gasteiger partial charge >= 0.3 is 0 Å². The highest BCUT2D eigenvalue weighted by Crippen LogP contribution is 2.18. The number of rotatable bonds is 5. The molecule has 0 aliphatic rings. The number of nitrogens with one attached hydrogen (secondary N) is 1. The van der Waals surface area contributed by atoms with Crippen LogP contribution < -0.4 is 5.32 Å². The molecule has 0 bridgehead atoms. The van der Waals surface area contributed by atoms with Gasteiger partial charge in [0.1, 0.15) is 5.75 Å². The molecule has 0 fully saturated rings. The van der Waals surface area contributed by atoms with Crippen LogP contribution in [-0.4, -0.2) is 17.6 Å². The van der Waals surface area contributed by atoms with Gasteiger partial charge in [-0.05, 0) is 30.0 Å². The Balaban J connectivity index is 1.84. The van der Waals surface area contributed by atoms with Crippen molar-refractivity contribution >= 4 is 5.91 Å². The third-order valence-electron chi connectivity index (χ3n) is 3.38. The fraction of sp³-hybridized carbons (Fsp3) is 0.235. The molecule has 0 radical (unpaired) electrons. The van der Waals surface area contributed by atoms with Crippen LogP contribution in [0.25, 0.3) is 0 Å². The van der Waals surface area contributed by atoms with E-state index in [9.17, 15) is 9.90 Å². The lowest BCUT2D eigenvalue weighted by Crippen LogP contribution is -2.25. The lowest BCUT2D eigenvalue weighted by Gasteiger charge is -2.12. The third kappa shape index (κ3) is 3.60. The van der Waals surface area contributed by atoms with Gasteiger partial charge in [-0.3, -0.25) is 4.79 Å². The molecule has 20 heavy (non-hydrogen) atoms. The van der Waals surface area contributed by atoms with E-state index in [2.05, 4.69) is 24.4 Å². The molecule has 1 amide bonds. The van der Waals surface area contributed by atoms with E-state index >= 15 is 0 Å². The van der Waals surface area contributed by atoms with Crippen LogP contribution >= 0.6 is 0 Å². The lowest BCUT2D eigenvalue weighted by atomic mass is 9.98. The van der Waals surface area contributed by atoms with Gasteiger partial charge in [0.25, 0.3) is 5.91 Å². The van der Waals surface area contributed by atoms with E-state index in [1.54, 1.807) is 18.2 Å². The van der Waals surface area contributed by atoms with Crippen molar-refractivity contribution in [2.45, 2.75) is 19.3 Å². The van der Waals surface area contributed by atoms with Crippen molar-refractivity contribution in [2.75, 3.05) is 6.54 Å². The zero-order chi connectivity index (χ0) is 14.4. The second kappa shape index (κ2) is 6.75. The Hall–Kier alpha value is -2.29. The second-order valence-corrected chi connectivity index (χ2v) is 4.87. The maximum absolute atomic E-state index is 11.9. The summed E-state index contributed by atoms with van der Waals surface area (Å²) in [6.07, 6.45) is 0.864. The van der Waals surface area contributed by atoms with Crippen molar-refractivity contribution < 1.29 is 9.90 Å². The fourth-order valence-electron chi connectivity index (χ4n) is 2.11. The molecule has 2 rings (SSSR count). The average molecular weight is 269 g/mol. The van der Waals surface area contributed by atoms with Crippen LogP contribution in [-0.2, 0) is 0 Å². The topological polar surface area (TPSA) is 49.3 Å². The van der Waals surface area contributed by atoms with E-state index in [1.165, 1.54) is 11.6 Å². The van der Waals surface area contributed by atoms with E-state index in [0.29, 0.717) is 18.0 Å². The second-order valence-electron chi connectivity index (χ2n) is 4.87. The Bertz CT molecular complexity index is 566. The minimum atomic E-state index is -0.233. The first-order valence-corrected chi connectivity index (χ1v) is 6.79. The summed E-state index contributed by atoms with van der Waals surface area (Å²) in [5, 5.41) is 12.4. The van der Waals surface area contributed by atoms with Gasteiger partial charge in [0.2, 0.25) is 0 Å². The zero-order valence-corrected chi connectivity index (χ0v) is 11.5. The van der Waals surface area contributed by atoms with E-state index in [0.717, 1.165) is 6.42 Å². The number of carbonyl (C=O) groups excluding carboxylic acids is 1. The van der Waals surface area contributed by atoms with Gasteiger partial charge in [-0.2, -0.15) is 0 Å². The first-order valence-electron chi connectivity index (χ1n) is 6.79. The smallest absolute Gasteiger partial charge is 0.255 e. The molecule has 0 heterocycles. The number of carbonyl (C=O) groups is 1. The number of hydrogen-bond donors (Lipinski definition) is 2. The summed E-state index contributed by atoms with van der Waals surface area (Å²) >= 11 is 0. The number of benzene rings is 2. The number of phenols is 1. The van der Waals surface area contributed by atoms with Crippen molar-refractivity contribution in [2.24, 2.45) is 0 Å². The molecule has 104 valence electrons.